The minimum absolute atomic E-state index is 0.837. The molecular formula is C17H22N4. The van der Waals surface area contributed by atoms with Crippen LogP contribution in [0.3, 0.4) is 0 Å². The highest BCUT2D eigenvalue weighted by molar-refractivity contribution is 5.56. The summed E-state index contributed by atoms with van der Waals surface area (Å²) in [5.74, 6) is 1.88. The van der Waals surface area contributed by atoms with Gasteiger partial charge in [0.1, 0.15) is 11.6 Å². The number of nitrogens with zero attached hydrogens (tertiary/aromatic N) is 4. The van der Waals surface area contributed by atoms with Crippen molar-refractivity contribution in [3.05, 3.63) is 47.4 Å². The van der Waals surface area contributed by atoms with Crippen LogP contribution in [0, 0.1) is 20.8 Å². The number of hydrogen-bond donors (Lipinski definition) is 0. The van der Waals surface area contributed by atoms with E-state index in [9.17, 15) is 0 Å². The molecule has 0 aliphatic carbocycles. The van der Waals surface area contributed by atoms with E-state index in [1.54, 1.807) is 0 Å². The Labute approximate surface area is 126 Å². The molecule has 2 heterocycles. The van der Waals surface area contributed by atoms with Gasteiger partial charge in [0.15, 0.2) is 0 Å². The highest BCUT2D eigenvalue weighted by atomic mass is 15.3. The number of benzene rings is 1. The Morgan fingerprint density at radius 1 is 0.905 bits per heavy atom. The molecule has 1 saturated heterocycles. The summed E-state index contributed by atoms with van der Waals surface area (Å²) in [5, 5.41) is 0. The third-order valence-corrected chi connectivity index (χ3v) is 4.07. The van der Waals surface area contributed by atoms with E-state index < -0.39 is 0 Å². The van der Waals surface area contributed by atoms with Crippen molar-refractivity contribution < 1.29 is 0 Å². The minimum atomic E-state index is 0.837. The molecular weight excluding hydrogens is 260 g/mol. The second kappa shape index (κ2) is 5.72. The summed E-state index contributed by atoms with van der Waals surface area (Å²) < 4.78 is 0. The molecule has 1 aromatic heterocycles. The fraction of sp³-hybridized carbons (Fsp3) is 0.412. The van der Waals surface area contributed by atoms with Crippen molar-refractivity contribution in [1.82, 2.24) is 9.97 Å². The third-order valence-electron chi connectivity index (χ3n) is 4.07. The molecule has 1 aliphatic rings. The van der Waals surface area contributed by atoms with Gasteiger partial charge in [0.25, 0.3) is 0 Å². The van der Waals surface area contributed by atoms with Crippen LogP contribution < -0.4 is 9.80 Å². The molecule has 0 spiro atoms. The van der Waals surface area contributed by atoms with Crippen molar-refractivity contribution in [3.63, 3.8) is 0 Å². The van der Waals surface area contributed by atoms with Crippen LogP contribution >= 0.6 is 0 Å². The molecule has 1 aliphatic heterocycles. The zero-order valence-electron chi connectivity index (χ0n) is 13.0. The zero-order chi connectivity index (χ0) is 14.8. The van der Waals surface area contributed by atoms with Gasteiger partial charge in [-0.2, -0.15) is 0 Å². The van der Waals surface area contributed by atoms with Gasteiger partial charge in [0.2, 0.25) is 0 Å². The minimum Gasteiger partial charge on any atom is -0.368 e. The Morgan fingerprint density at radius 3 is 2.33 bits per heavy atom. The molecule has 0 radical (unpaired) electrons. The van der Waals surface area contributed by atoms with E-state index >= 15 is 0 Å². The summed E-state index contributed by atoms with van der Waals surface area (Å²) in [6, 6.07) is 8.68. The summed E-state index contributed by atoms with van der Waals surface area (Å²) in [6.45, 7) is 10.4. The number of piperazine rings is 1. The van der Waals surface area contributed by atoms with Crippen molar-refractivity contribution in [2.75, 3.05) is 36.0 Å². The molecule has 4 nitrogen and oxygen atoms in total. The molecule has 0 amide bonds. The Balaban J connectivity index is 1.72. The van der Waals surface area contributed by atoms with E-state index in [4.69, 9.17) is 0 Å². The summed E-state index contributed by atoms with van der Waals surface area (Å²) in [4.78, 5) is 13.5. The highest BCUT2D eigenvalue weighted by Gasteiger charge is 2.19. The molecule has 110 valence electrons. The van der Waals surface area contributed by atoms with E-state index in [0.29, 0.717) is 0 Å². The lowest BCUT2D eigenvalue weighted by atomic mass is 10.1. The highest BCUT2D eigenvalue weighted by Crippen LogP contribution is 2.24. The molecule has 0 saturated carbocycles. The maximum atomic E-state index is 4.52. The van der Waals surface area contributed by atoms with Crippen molar-refractivity contribution in [3.8, 4) is 0 Å². The number of aryl methyl sites for hydroxylation is 3. The van der Waals surface area contributed by atoms with Gasteiger partial charge in [0, 0.05) is 38.1 Å². The van der Waals surface area contributed by atoms with Crippen LogP contribution in [-0.2, 0) is 0 Å². The lowest BCUT2D eigenvalue weighted by Crippen LogP contribution is -2.47. The lowest BCUT2D eigenvalue weighted by molar-refractivity contribution is 0.644. The zero-order valence-corrected chi connectivity index (χ0v) is 13.0. The van der Waals surface area contributed by atoms with Gasteiger partial charge in [-0.1, -0.05) is 12.1 Å². The largest absolute Gasteiger partial charge is 0.368 e. The second-order valence-corrected chi connectivity index (χ2v) is 5.73. The van der Waals surface area contributed by atoms with Gasteiger partial charge in [-0.25, -0.2) is 9.97 Å². The van der Waals surface area contributed by atoms with Crippen molar-refractivity contribution in [2.24, 2.45) is 0 Å². The van der Waals surface area contributed by atoms with Crippen LogP contribution in [0.5, 0.6) is 0 Å². The first-order valence-electron chi connectivity index (χ1n) is 7.50. The smallest absolute Gasteiger partial charge is 0.132 e. The molecule has 0 unspecified atom stereocenters. The van der Waals surface area contributed by atoms with Gasteiger partial charge in [-0.05, 0) is 44.0 Å². The standard InChI is InChI=1S/C17H22N4/c1-13-4-5-14(2)16(12-13)20-8-10-21(11-9-20)17-6-7-18-15(3)19-17/h4-7,12H,8-11H2,1-3H3. The monoisotopic (exact) mass is 282 g/mol. The average molecular weight is 282 g/mol. The van der Waals surface area contributed by atoms with Gasteiger partial charge < -0.3 is 9.80 Å². The van der Waals surface area contributed by atoms with E-state index in [1.165, 1.54) is 16.8 Å². The van der Waals surface area contributed by atoms with Gasteiger partial charge in [-0.3, -0.25) is 0 Å². The van der Waals surface area contributed by atoms with Crippen molar-refractivity contribution in [2.45, 2.75) is 20.8 Å². The summed E-state index contributed by atoms with van der Waals surface area (Å²) in [5.41, 5.74) is 4.05. The second-order valence-electron chi connectivity index (χ2n) is 5.73. The molecule has 4 heteroatoms. The Morgan fingerprint density at radius 2 is 1.62 bits per heavy atom. The van der Waals surface area contributed by atoms with Crippen LogP contribution in [0.1, 0.15) is 17.0 Å². The molecule has 3 rings (SSSR count). The topological polar surface area (TPSA) is 32.3 Å². The van der Waals surface area contributed by atoms with Gasteiger partial charge in [0.05, 0.1) is 0 Å². The summed E-state index contributed by atoms with van der Waals surface area (Å²) >= 11 is 0. The molecule has 0 atom stereocenters. The normalized spacial score (nSPS) is 15.4. The maximum absolute atomic E-state index is 4.52. The van der Waals surface area contributed by atoms with Crippen LogP contribution in [0.4, 0.5) is 11.5 Å². The van der Waals surface area contributed by atoms with E-state index in [0.717, 1.165) is 37.8 Å². The Kier molecular flexibility index (Phi) is 3.78. The number of rotatable bonds is 2. The number of hydrogen-bond acceptors (Lipinski definition) is 4. The van der Waals surface area contributed by atoms with Crippen LogP contribution in [0.25, 0.3) is 0 Å². The number of aromatic nitrogens is 2. The van der Waals surface area contributed by atoms with Crippen LogP contribution in [-0.4, -0.2) is 36.1 Å². The lowest BCUT2D eigenvalue weighted by Gasteiger charge is -2.37. The first-order chi connectivity index (χ1) is 10.1. The first kappa shape index (κ1) is 13.9. The van der Waals surface area contributed by atoms with Crippen LogP contribution in [0.15, 0.2) is 30.5 Å². The van der Waals surface area contributed by atoms with Gasteiger partial charge in [-0.15, -0.1) is 0 Å². The molecule has 2 aromatic rings. The van der Waals surface area contributed by atoms with Crippen LogP contribution in [0.2, 0.25) is 0 Å². The molecule has 1 fully saturated rings. The van der Waals surface area contributed by atoms with E-state index in [2.05, 4.69) is 51.8 Å². The van der Waals surface area contributed by atoms with E-state index in [1.807, 2.05) is 19.2 Å². The fourth-order valence-electron chi connectivity index (χ4n) is 2.86. The summed E-state index contributed by atoms with van der Waals surface area (Å²) in [7, 11) is 0. The first-order valence-corrected chi connectivity index (χ1v) is 7.50. The predicted octanol–water partition coefficient (Wildman–Crippen LogP) is 2.73. The Hall–Kier alpha value is -2.10. The molecule has 21 heavy (non-hydrogen) atoms. The van der Waals surface area contributed by atoms with E-state index in [-0.39, 0.29) is 0 Å². The molecule has 0 N–H and O–H groups in total. The quantitative estimate of drug-likeness (QED) is 0.848. The number of anilines is 2. The summed E-state index contributed by atoms with van der Waals surface area (Å²) in [6.07, 6.45) is 1.84. The maximum Gasteiger partial charge on any atom is 0.132 e. The SMILES string of the molecule is Cc1ccc(C)c(N2CCN(c3ccnc(C)n3)CC2)c1. The molecule has 1 aromatic carbocycles. The Bertz CT molecular complexity index is 630. The third kappa shape index (κ3) is 2.99. The molecule has 0 bridgehead atoms. The van der Waals surface area contributed by atoms with Crippen molar-refractivity contribution in [1.29, 1.82) is 0 Å². The average Bonchev–Trinajstić information content (AvgIpc) is 2.50. The predicted molar refractivity (Wildman–Crippen MR) is 87.1 cm³/mol. The van der Waals surface area contributed by atoms with Crippen molar-refractivity contribution >= 4 is 11.5 Å². The fourth-order valence-corrected chi connectivity index (χ4v) is 2.86. The van der Waals surface area contributed by atoms with Gasteiger partial charge >= 0.3 is 0 Å².